The normalized spacial score (nSPS) is 11.6. The molecular weight excluding hydrogens is 469 g/mol. The highest BCUT2D eigenvalue weighted by Gasteiger charge is 2.30. The van der Waals surface area contributed by atoms with Crippen LogP contribution in [0.4, 0.5) is 18.9 Å². The van der Waals surface area contributed by atoms with Gasteiger partial charge in [0.05, 0.1) is 24.1 Å². The Balaban J connectivity index is 1.45. The Morgan fingerprint density at radius 3 is 2.47 bits per heavy atom. The van der Waals surface area contributed by atoms with Crippen molar-refractivity contribution >= 4 is 17.2 Å². The Morgan fingerprint density at radius 2 is 1.72 bits per heavy atom. The first-order chi connectivity index (χ1) is 17.3. The number of nitrogens with one attached hydrogen (secondary N) is 1. The van der Waals surface area contributed by atoms with E-state index in [1.165, 1.54) is 12.1 Å². The minimum absolute atomic E-state index is 0.0436. The molecule has 0 spiro atoms. The molecule has 5 aromatic rings. The molecule has 2 N–H and O–H groups in total. The molecule has 0 fully saturated rings. The van der Waals surface area contributed by atoms with Gasteiger partial charge in [-0.3, -0.25) is 4.79 Å². The van der Waals surface area contributed by atoms with Crippen LogP contribution in [0.25, 0.3) is 28.0 Å². The van der Waals surface area contributed by atoms with Gasteiger partial charge in [-0.05, 0) is 47.5 Å². The van der Waals surface area contributed by atoms with Gasteiger partial charge in [-0.15, -0.1) is 0 Å². The second-order valence-electron chi connectivity index (χ2n) is 8.09. The minimum atomic E-state index is -4.54. The number of amides is 1. The molecule has 1 amide bonds. The van der Waals surface area contributed by atoms with E-state index in [1.807, 2.05) is 30.3 Å². The van der Waals surface area contributed by atoms with E-state index in [0.717, 1.165) is 34.4 Å². The zero-order chi connectivity index (χ0) is 25.3. The molecule has 36 heavy (non-hydrogen) atoms. The first-order valence-corrected chi connectivity index (χ1v) is 11.0. The zero-order valence-corrected chi connectivity index (χ0v) is 18.7. The minimum Gasteiger partial charge on any atom is -0.392 e. The molecule has 5 rings (SSSR count). The first-order valence-electron chi connectivity index (χ1n) is 11.0. The molecule has 0 aliphatic carbocycles. The van der Waals surface area contributed by atoms with Crippen LogP contribution in [-0.2, 0) is 12.8 Å². The van der Waals surface area contributed by atoms with Crippen LogP contribution >= 0.6 is 0 Å². The van der Waals surface area contributed by atoms with Crippen molar-refractivity contribution in [3.63, 3.8) is 0 Å². The predicted molar refractivity (Wildman–Crippen MR) is 129 cm³/mol. The van der Waals surface area contributed by atoms with Crippen LogP contribution in [0, 0.1) is 0 Å². The average Bonchev–Trinajstić information content (AvgIpc) is 3.33. The molecule has 3 aromatic carbocycles. The molecule has 0 aliphatic heterocycles. The fourth-order valence-corrected chi connectivity index (χ4v) is 3.90. The molecule has 0 saturated heterocycles. The Labute approximate surface area is 203 Å². The fraction of sp³-hybridized carbons (Fsp3) is 0.0741. The largest absolute Gasteiger partial charge is 0.416 e. The summed E-state index contributed by atoms with van der Waals surface area (Å²) >= 11 is 0. The molecule has 0 unspecified atom stereocenters. The van der Waals surface area contributed by atoms with Gasteiger partial charge in [0.2, 0.25) is 0 Å². The molecule has 9 heteroatoms. The second-order valence-corrected chi connectivity index (χ2v) is 8.09. The van der Waals surface area contributed by atoms with Crippen molar-refractivity contribution in [2.24, 2.45) is 0 Å². The molecular formula is C27H19F3N4O2. The van der Waals surface area contributed by atoms with Gasteiger partial charge in [-0.1, -0.05) is 42.5 Å². The Morgan fingerprint density at radius 1 is 0.944 bits per heavy atom. The van der Waals surface area contributed by atoms with Crippen molar-refractivity contribution in [2.75, 3.05) is 5.32 Å². The number of halogens is 3. The van der Waals surface area contributed by atoms with E-state index in [2.05, 4.69) is 15.4 Å². The molecule has 2 heterocycles. The number of rotatable bonds is 5. The number of aromatic nitrogens is 3. The lowest BCUT2D eigenvalue weighted by atomic mass is 10.1. The number of fused-ring (bicyclic) bond motifs is 1. The highest BCUT2D eigenvalue weighted by molar-refractivity contribution is 6.04. The van der Waals surface area contributed by atoms with Gasteiger partial charge in [-0.2, -0.15) is 18.3 Å². The van der Waals surface area contributed by atoms with Gasteiger partial charge < -0.3 is 10.4 Å². The predicted octanol–water partition coefficient (Wildman–Crippen LogP) is 5.83. The number of nitrogens with zero attached hydrogens (tertiary/aromatic N) is 3. The van der Waals surface area contributed by atoms with E-state index in [0.29, 0.717) is 17.0 Å². The summed E-state index contributed by atoms with van der Waals surface area (Å²) in [5, 5.41) is 16.4. The van der Waals surface area contributed by atoms with Crippen molar-refractivity contribution in [2.45, 2.75) is 12.8 Å². The van der Waals surface area contributed by atoms with E-state index in [-0.39, 0.29) is 12.2 Å². The van der Waals surface area contributed by atoms with Crippen molar-refractivity contribution in [1.29, 1.82) is 0 Å². The molecule has 0 saturated carbocycles. The van der Waals surface area contributed by atoms with Crippen molar-refractivity contribution in [3.8, 4) is 22.4 Å². The number of benzene rings is 3. The SMILES string of the molecule is O=C(Nc1cccc(-c2ccnc3c(-c4ccc(CO)cc4)cnn23)c1)c1cccc(C(F)(F)F)c1. The number of hydrogen-bond donors (Lipinski definition) is 2. The van der Waals surface area contributed by atoms with Gasteiger partial charge in [0.15, 0.2) is 5.65 Å². The number of alkyl halides is 3. The number of hydrogen-bond acceptors (Lipinski definition) is 4. The van der Waals surface area contributed by atoms with Crippen LogP contribution in [0.15, 0.2) is 91.3 Å². The smallest absolute Gasteiger partial charge is 0.392 e. The maximum absolute atomic E-state index is 13.0. The molecule has 6 nitrogen and oxygen atoms in total. The van der Waals surface area contributed by atoms with E-state index in [1.54, 1.807) is 41.2 Å². The van der Waals surface area contributed by atoms with E-state index < -0.39 is 17.6 Å². The molecule has 0 aliphatic rings. The Bertz CT molecular complexity index is 1560. The summed E-state index contributed by atoms with van der Waals surface area (Å²) in [6.45, 7) is -0.0436. The van der Waals surface area contributed by atoms with Crippen LogP contribution in [0.1, 0.15) is 21.5 Å². The summed E-state index contributed by atoms with van der Waals surface area (Å²) in [5.74, 6) is -0.647. The Kier molecular flexibility index (Phi) is 5.99. The highest BCUT2D eigenvalue weighted by atomic mass is 19.4. The topological polar surface area (TPSA) is 79.5 Å². The lowest BCUT2D eigenvalue weighted by Gasteiger charge is -2.11. The van der Waals surface area contributed by atoms with Crippen LogP contribution in [0.2, 0.25) is 0 Å². The monoisotopic (exact) mass is 488 g/mol. The van der Waals surface area contributed by atoms with Gasteiger partial charge in [0.25, 0.3) is 5.91 Å². The van der Waals surface area contributed by atoms with Gasteiger partial charge in [0.1, 0.15) is 0 Å². The Hall–Kier alpha value is -4.50. The fourth-order valence-electron chi connectivity index (χ4n) is 3.90. The average molecular weight is 488 g/mol. The van der Waals surface area contributed by atoms with Crippen LogP contribution in [0.3, 0.4) is 0 Å². The first kappa shape index (κ1) is 23.3. The maximum atomic E-state index is 13.0. The van der Waals surface area contributed by atoms with E-state index in [4.69, 9.17) is 0 Å². The maximum Gasteiger partial charge on any atom is 0.416 e. The van der Waals surface area contributed by atoms with E-state index in [9.17, 15) is 23.1 Å². The summed E-state index contributed by atoms with van der Waals surface area (Å²) in [6.07, 6.45) is -1.17. The van der Waals surface area contributed by atoms with Gasteiger partial charge in [-0.25, -0.2) is 9.50 Å². The third kappa shape index (κ3) is 4.56. The number of anilines is 1. The van der Waals surface area contributed by atoms with E-state index >= 15 is 0 Å². The molecule has 0 radical (unpaired) electrons. The number of carbonyl (C=O) groups is 1. The standard InChI is InChI=1S/C27H19F3N4O2/c28-27(29,30)21-5-1-4-20(13-21)26(36)33-22-6-2-3-19(14-22)24-11-12-31-25-23(15-32-34(24)25)18-9-7-17(16-35)8-10-18/h1-15,35H,16H2,(H,33,36). The summed E-state index contributed by atoms with van der Waals surface area (Å²) in [7, 11) is 0. The summed E-state index contributed by atoms with van der Waals surface area (Å²) in [4.78, 5) is 17.1. The molecule has 180 valence electrons. The molecule has 0 bridgehead atoms. The lowest BCUT2D eigenvalue weighted by molar-refractivity contribution is -0.137. The third-order valence-electron chi connectivity index (χ3n) is 5.72. The van der Waals surface area contributed by atoms with Crippen LogP contribution in [0.5, 0.6) is 0 Å². The molecule has 2 aromatic heterocycles. The second kappa shape index (κ2) is 9.27. The summed E-state index contributed by atoms with van der Waals surface area (Å²) in [5.41, 5.74) is 4.03. The number of aliphatic hydroxyl groups excluding tert-OH is 1. The summed E-state index contributed by atoms with van der Waals surface area (Å²) in [6, 6.07) is 20.5. The molecule has 0 atom stereocenters. The van der Waals surface area contributed by atoms with Gasteiger partial charge in [0, 0.05) is 28.6 Å². The highest BCUT2D eigenvalue weighted by Crippen LogP contribution is 2.31. The van der Waals surface area contributed by atoms with Gasteiger partial charge >= 0.3 is 6.18 Å². The van der Waals surface area contributed by atoms with Crippen molar-refractivity contribution < 1.29 is 23.1 Å². The summed E-state index contributed by atoms with van der Waals surface area (Å²) < 4.78 is 40.7. The lowest BCUT2D eigenvalue weighted by Crippen LogP contribution is -2.14. The zero-order valence-electron chi connectivity index (χ0n) is 18.7. The number of carbonyl (C=O) groups excluding carboxylic acids is 1. The number of aliphatic hydroxyl groups is 1. The quantitative estimate of drug-likeness (QED) is 0.326. The van der Waals surface area contributed by atoms with Crippen LogP contribution < -0.4 is 5.32 Å². The third-order valence-corrected chi connectivity index (χ3v) is 5.72. The van der Waals surface area contributed by atoms with Crippen LogP contribution in [-0.4, -0.2) is 25.6 Å². The van der Waals surface area contributed by atoms with Crippen molar-refractivity contribution in [3.05, 3.63) is 108 Å². The van der Waals surface area contributed by atoms with Crippen molar-refractivity contribution in [1.82, 2.24) is 14.6 Å².